The minimum atomic E-state index is -1.39. The molecule has 7 heteroatoms. The number of carbonyl (C=O) groups is 2. The van der Waals surface area contributed by atoms with Crippen molar-refractivity contribution >= 4 is 27.9 Å². The van der Waals surface area contributed by atoms with Gasteiger partial charge in [-0.25, -0.2) is 14.3 Å². The molecule has 1 heterocycles. The van der Waals surface area contributed by atoms with Gasteiger partial charge in [-0.05, 0) is 36.8 Å². The van der Waals surface area contributed by atoms with E-state index in [0.717, 1.165) is 10.0 Å². The van der Waals surface area contributed by atoms with E-state index in [1.165, 1.54) is 4.68 Å². The number of hydrogen-bond donors (Lipinski definition) is 2. The third-order valence-electron chi connectivity index (χ3n) is 3.65. The van der Waals surface area contributed by atoms with Crippen molar-refractivity contribution in [3.8, 4) is 16.9 Å². The lowest BCUT2D eigenvalue weighted by atomic mass is 10.1. The number of aromatic nitrogens is 2. The van der Waals surface area contributed by atoms with Gasteiger partial charge in [0.1, 0.15) is 5.56 Å². The predicted molar refractivity (Wildman–Crippen MR) is 95.4 cm³/mol. The molecule has 2 aromatic carbocycles. The Morgan fingerprint density at radius 3 is 2.36 bits per heavy atom. The summed E-state index contributed by atoms with van der Waals surface area (Å²) in [6, 6.07) is 14.2. The van der Waals surface area contributed by atoms with Gasteiger partial charge in [-0.15, -0.1) is 0 Å². The molecule has 3 aromatic rings. The maximum Gasteiger partial charge on any atom is 0.357 e. The highest BCUT2D eigenvalue weighted by molar-refractivity contribution is 9.10. The van der Waals surface area contributed by atoms with Crippen LogP contribution in [0.4, 0.5) is 0 Å². The minimum Gasteiger partial charge on any atom is -0.478 e. The normalized spacial score (nSPS) is 10.6. The molecule has 0 radical (unpaired) electrons. The van der Waals surface area contributed by atoms with Crippen molar-refractivity contribution in [1.82, 2.24) is 9.78 Å². The van der Waals surface area contributed by atoms with Crippen molar-refractivity contribution < 1.29 is 19.8 Å². The van der Waals surface area contributed by atoms with Crippen LogP contribution in [0.1, 0.15) is 26.4 Å². The van der Waals surface area contributed by atoms with Gasteiger partial charge in [0.2, 0.25) is 0 Å². The smallest absolute Gasteiger partial charge is 0.357 e. The standard InChI is InChI=1S/C18H13BrN2O4/c1-10-4-2-7-13(8-10)21-16(11-5-3-6-12(19)9-11)14(17(22)23)15(20-21)18(24)25/h2-9H,1H3,(H,22,23)(H,24,25). The van der Waals surface area contributed by atoms with Gasteiger partial charge in [-0.3, -0.25) is 0 Å². The van der Waals surface area contributed by atoms with Crippen LogP contribution in [-0.2, 0) is 0 Å². The van der Waals surface area contributed by atoms with Crippen molar-refractivity contribution in [3.63, 3.8) is 0 Å². The van der Waals surface area contributed by atoms with Crippen LogP contribution in [0.5, 0.6) is 0 Å². The van der Waals surface area contributed by atoms with Crippen LogP contribution in [0.25, 0.3) is 16.9 Å². The van der Waals surface area contributed by atoms with E-state index in [1.54, 1.807) is 36.4 Å². The summed E-state index contributed by atoms with van der Waals surface area (Å²) < 4.78 is 2.11. The average Bonchev–Trinajstić information content (AvgIpc) is 2.96. The molecule has 0 aliphatic carbocycles. The zero-order valence-electron chi connectivity index (χ0n) is 13.1. The van der Waals surface area contributed by atoms with Crippen molar-refractivity contribution in [2.24, 2.45) is 0 Å². The van der Waals surface area contributed by atoms with Crippen LogP contribution in [0.3, 0.4) is 0 Å². The van der Waals surface area contributed by atoms with Crippen molar-refractivity contribution in [2.75, 3.05) is 0 Å². The first kappa shape index (κ1) is 16.9. The second kappa shape index (κ2) is 6.52. The van der Waals surface area contributed by atoms with Crippen molar-refractivity contribution in [2.45, 2.75) is 6.92 Å². The van der Waals surface area contributed by atoms with Crippen molar-refractivity contribution in [1.29, 1.82) is 0 Å². The highest BCUT2D eigenvalue weighted by atomic mass is 79.9. The summed E-state index contributed by atoms with van der Waals surface area (Å²) in [5.74, 6) is -2.73. The molecule has 2 N–H and O–H groups in total. The number of aryl methyl sites for hydroxylation is 1. The van der Waals surface area contributed by atoms with Crippen LogP contribution in [0, 0.1) is 6.92 Å². The fourth-order valence-corrected chi connectivity index (χ4v) is 3.02. The Bertz CT molecular complexity index is 994. The van der Waals surface area contributed by atoms with Gasteiger partial charge in [0, 0.05) is 10.0 Å². The largest absolute Gasteiger partial charge is 0.478 e. The number of aromatic carboxylic acids is 2. The molecule has 6 nitrogen and oxygen atoms in total. The molecule has 1 aromatic heterocycles. The molecule has 0 aliphatic heterocycles. The third kappa shape index (κ3) is 3.18. The topological polar surface area (TPSA) is 92.4 Å². The number of benzene rings is 2. The van der Waals surface area contributed by atoms with E-state index in [0.29, 0.717) is 11.3 Å². The Morgan fingerprint density at radius 2 is 1.76 bits per heavy atom. The molecule has 0 saturated heterocycles. The molecule has 126 valence electrons. The van der Waals surface area contributed by atoms with Gasteiger partial charge in [0.15, 0.2) is 5.69 Å². The Morgan fingerprint density at radius 1 is 1.04 bits per heavy atom. The van der Waals surface area contributed by atoms with E-state index in [9.17, 15) is 19.8 Å². The van der Waals surface area contributed by atoms with Gasteiger partial charge < -0.3 is 10.2 Å². The van der Waals surface area contributed by atoms with E-state index < -0.39 is 17.6 Å². The lowest BCUT2D eigenvalue weighted by molar-refractivity contribution is 0.0648. The second-order valence-corrected chi connectivity index (χ2v) is 6.36. The average molecular weight is 401 g/mol. The first-order valence-electron chi connectivity index (χ1n) is 7.31. The van der Waals surface area contributed by atoms with Gasteiger partial charge in [0.05, 0.1) is 11.4 Å². The Kier molecular flexibility index (Phi) is 4.41. The molecule has 0 fully saturated rings. The number of carboxylic acid groups (broad SMARTS) is 2. The Balaban J connectivity index is 2.40. The summed E-state index contributed by atoms with van der Waals surface area (Å²) in [6.45, 7) is 1.89. The molecule has 0 spiro atoms. The molecule has 25 heavy (non-hydrogen) atoms. The number of hydrogen-bond acceptors (Lipinski definition) is 3. The summed E-state index contributed by atoms with van der Waals surface area (Å²) in [4.78, 5) is 23.3. The molecule has 0 bridgehead atoms. The number of rotatable bonds is 4. The maximum absolute atomic E-state index is 11.8. The van der Waals surface area contributed by atoms with Gasteiger partial charge in [0.25, 0.3) is 0 Å². The van der Waals surface area contributed by atoms with Crippen LogP contribution in [0.15, 0.2) is 53.0 Å². The summed E-state index contributed by atoms with van der Waals surface area (Å²) in [5, 5.41) is 23.1. The molecule has 0 unspecified atom stereocenters. The van der Waals surface area contributed by atoms with E-state index in [-0.39, 0.29) is 11.3 Å². The van der Waals surface area contributed by atoms with Crippen LogP contribution >= 0.6 is 15.9 Å². The summed E-state index contributed by atoms with van der Waals surface area (Å²) in [7, 11) is 0. The Hall–Kier alpha value is -2.93. The molecular formula is C18H13BrN2O4. The molecular weight excluding hydrogens is 388 g/mol. The van der Waals surface area contributed by atoms with Crippen LogP contribution < -0.4 is 0 Å². The molecule has 3 rings (SSSR count). The van der Waals surface area contributed by atoms with E-state index in [2.05, 4.69) is 21.0 Å². The van der Waals surface area contributed by atoms with Gasteiger partial charge >= 0.3 is 11.9 Å². The molecule has 0 aliphatic rings. The fourth-order valence-electron chi connectivity index (χ4n) is 2.62. The SMILES string of the molecule is Cc1cccc(-n2nc(C(=O)O)c(C(=O)O)c2-c2cccc(Br)c2)c1. The van der Waals surface area contributed by atoms with Crippen molar-refractivity contribution in [3.05, 3.63) is 69.8 Å². The number of carboxylic acids is 2. The van der Waals surface area contributed by atoms with Crippen LogP contribution in [-0.4, -0.2) is 31.9 Å². The van der Waals surface area contributed by atoms with E-state index in [1.807, 2.05) is 19.1 Å². The first-order valence-corrected chi connectivity index (χ1v) is 8.10. The van der Waals surface area contributed by atoms with Gasteiger partial charge in [-0.2, -0.15) is 5.10 Å². The second-order valence-electron chi connectivity index (χ2n) is 5.44. The summed E-state index contributed by atoms with van der Waals surface area (Å²) >= 11 is 3.36. The van der Waals surface area contributed by atoms with Crippen LogP contribution in [0.2, 0.25) is 0 Å². The van der Waals surface area contributed by atoms with E-state index in [4.69, 9.17) is 0 Å². The van der Waals surface area contributed by atoms with E-state index >= 15 is 0 Å². The molecule has 0 atom stereocenters. The zero-order valence-corrected chi connectivity index (χ0v) is 14.7. The first-order chi connectivity index (χ1) is 11.9. The lowest BCUT2D eigenvalue weighted by Crippen LogP contribution is -2.07. The quantitative estimate of drug-likeness (QED) is 0.689. The monoisotopic (exact) mass is 400 g/mol. The highest BCUT2D eigenvalue weighted by Gasteiger charge is 2.29. The predicted octanol–water partition coefficient (Wildman–Crippen LogP) is 4.01. The number of nitrogens with zero attached hydrogens (tertiary/aromatic N) is 2. The fraction of sp³-hybridized carbons (Fsp3) is 0.0556. The number of halogens is 1. The minimum absolute atomic E-state index is 0.219. The summed E-state index contributed by atoms with van der Waals surface area (Å²) in [6.07, 6.45) is 0. The van der Waals surface area contributed by atoms with Gasteiger partial charge in [-0.1, -0.05) is 40.2 Å². The lowest BCUT2D eigenvalue weighted by Gasteiger charge is -2.10. The zero-order chi connectivity index (χ0) is 18.1. The Labute approximate surface area is 151 Å². The highest BCUT2D eigenvalue weighted by Crippen LogP contribution is 2.31. The maximum atomic E-state index is 11.8. The molecule has 0 saturated carbocycles. The summed E-state index contributed by atoms with van der Waals surface area (Å²) in [5.41, 5.74) is 1.47. The molecule has 0 amide bonds. The third-order valence-corrected chi connectivity index (χ3v) is 4.14.